The SMILES string of the molecule is CCCCCc1ccc(C(=O)CBr)cc1. The van der Waals surface area contributed by atoms with Gasteiger partial charge in [0.05, 0.1) is 5.33 Å². The molecule has 0 aromatic heterocycles. The molecule has 0 unspecified atom stereocenters. The summed E-state index contributed by atoms with van der Waals surface area (Å²) >= 11 is 3.17. The van der Waals surface area contributed by atoms with Crippen molar-refractivity contribution in [2.75, 3.05) is 5.33 Å². The molecule has 0 N–H and O–H groups in total. The van der Waals surface area contributed by atoms with Gasteiger partial charge in [0.2, 0.25) is 0 Å². The lowest BCUT2D eigenvalue weighted by Gasteiger charge is -2.02. The summed E-state index contributed by atoms with van der Waals surface area (Å²) in [5, 5.41) is 0.405. The van der Waals surface area contributed by atoms with E-state index in [4.69, 9.17) is 0 Å². The van der Waals surface area contributed by atoms with Gasteiger partial charge in [0.1, 0.15) is 0 Å². The van der Waals surface area contributed by atoms with Gasteiger partial charge < -0.3 is 0 Å². The van der Waals surface area contributed by atoms with Gasteiger partial charge >= 0.3 is 0 Å². The molecular formula is C13H17BrO. The number of carbonyl (C=O) groups is 1. The minimum absolute atomic E-state index is 0.148. The maximum atomic E-state index is 11.3. The number of hydrogen-bond donors (Lipinski definition) is 0. The summed E-state index contributed by atoms with van der Waals surface area (Å²) < 4.78 is 0. The zero-order valence-electron chi connectivity index (χ0n) is 9.13. The van der Waals surface area contributed by atoms with E-state index in [2.05, 4.69) is 35.0 Å². The van der Waals surface area contributed by atoms with Crippen LogP contribution in [-0.2, 0) is 6.42 Å². The summed E-state index contributed by atoms with van der Waals surface area (Å²) in [6.45, 7) is 2.21. The topological polar surface area (TPSA) is 17.1 Å². The Hall–Kier alpha value is -0.630. The fourth-order valence-electron chi connectivity index (χ4n) is 1.51. The monoisotopic (exact) mass is 268 g/mol. The average Bonchev–Trinajstić information content (AvgIpc) is 2.29. The lowest BCUT2D eigenvalue weighted by molar-refractivity contribution is 0.102. The van der Waals surface area contributed by atoms with Gasteiger partial charge in [0.25, 0.3) is 0 Å². The number of benzene rings is 1. The number of Topliss-reactive ketones (excluding diaryl/α,β-unsaturated/α-hetero) is 1. The molecule has 0 amide bonds. The molecule has 1 rings (SSSR count). The van der Waals surface area contributed by atoms with Gasteiger partial charge in [-0.3, -0.25) is 4.79 Å². The third-order valence-electron chi connectivity index (χ3n) is 2.47. The van der Waals surface area contributed by atoms with E-state index in [0.717, 1.165) is 12.0 Å². The standard InChI is InChI=1S/C13H17BrO/c1-2-3-4-5-11-6-8-12(9-7-11)13(15)10-14/h6-9H,2-5,10H2,1H3. The molecule has 0 fully saturated rings. The molecule has 0 bridgehead atoms. The molecule has 2 heteroatoms. The highest BCUT2D eigenvalue weighted by Crippen LogP contribution is 2.10. The second-order valence-electron chi connectivity index (χ2n) is 3.71. The lowest BCUT2D eigenvalue weighted by Crippen LogP contribution is -1.99. The molecule has 0 heterocycles. The minimum atomic E-state index is 0.148. The molecule has 82 valence electrons. The Morgan fingerprint density at radius 2 is 1.87 bits per heavy atom. The first-order chi connectivity index (χ1) is 7.27. The van der Waals surface area contributed by atoms with Gasteiger partial charge in [-0.25, -0.2) is 0 Å². The van der Waals surface area contributed by atoms with Crippen LogP contribution in [0.3, 0.4) is 0 Å². The maximum absolute atomic E-state index is 11.3. The van der Waals surface area contributed by atoms with Gasteiger partial charge in [0, 0.05) is 5.56 Å². The second-order valence-corrected chi connectivity index (χ2v) is 4.27. The van der Waals surface area contributed by atoms with E-state index in [1.807, 2.05) is 12.1 Å². The molecular weight excluding hydrogens is 252 g/mol. The van der Waals surface area contributed by atoms with Crippen LogP contribution in [0.1, 0.15) is 42.1 Å². The Morgan fingerprint density at radius 3 is 2.40 bits per heavy atom. The second kappa shape index (κ2) is 6.78. The first kappa shape index (κ1) is 12.4. The van der Waals surface area contributed by atoms with Crippen LogP contribution < -0.4 is 0 Å². The number of alkyl halides is 1. The summed E-state index contributed by atoms with van der Waals surface area (Å²) in [5.41, 5.74) is 2.13. The summed E-state index contributed by atoms with van der Waals surface area (Å²) in [5.74, 6) is 0.148. The highest BCUT2D eigenvalue weighted by atomic mass is 79.9. The third kappa shape index (κ3) is 4.17. The molecule has 1 nitrogen and oxygen atoms in total. The number of halogens is 1. The van der Waals surface area contributed by atoms with Crippen LogP contribution in [0.15, 0.2) is 24.3 Å². The first-order valence-electron chi connectivity index (χ1n) is 5.46. The number of unbranched alkanes of at least 4 members (excludes halogenated alkanes) is 2. The fraction of sp³-hybridized carbons (Fsp3) is 0.462. The van der Waals surface area contributed by atoms with Gasteiger partial charge in [0.15, 0.2) is 5.78 Å². The van der Waals surface area contributed by atoms with Crippen LogP contribution in [0.25, 0.3) is 0 Å². The van der Waals surface area contributed by atoms with Crippen molar-refractivity contribution >= 4 is 21.7 Å². The average molecular weight is 269 g/mol. The normalized spacial score (nSPS) is 10.3. The summed E-state index contributed by atoms with van der Waals surface area (Å²) in [4.78, 5) is 11.3. The van der Waals surface area contributed by atoms with Crippen molar-refractivity contribution in [1.29, 1.82) is 0 Å². The maximum Gasteiger partial charge on any atom is 0.173 e. The fourth-order valence-corrected chi connectivity index (χ4v) is 1.84. The van der Waals surface area contributed by atoms with E-state index in [0.29, 0.717) is 5.33 Å². The molecule has 0 saturated carbocycles. The van der Waals surface area contributed by atoms with Crippen LogP contribution in [0, 0.1) is 0 Å². The summed E-state index contributed by atoms with van der Waals surface area (Å²) in [6.07, 6.45) is 4.89. The van der Waals surface area contributed by atoms with Crippen molar-refractivity contribution in [3.05, 3.63) is 35.4 Å². The Labute approximate surface area is 100 Å². The Bertz CT molecular complexity index is 303. The first-order valence-corrected chi connectivity index (χ1v) is 6.58. The van der Waals surface area contributed by atoms with E-state index in [9.17, 15) is 4.79 Å². The molecule has 0 aliphatic heterocycles. The molecule has 0 radical (unpaired) electrons. The molecule has 1 aromatic carbocycles. The smallest absolute Gasteiger partial charge is 0.173 e. The van der Waals surface area contributed by atoms with E-state index in [1.54, 1.807) is 0 Å². The van der Waals surface area contributed by atoms with Crippen LogP contribution in [0.4, 0.5) is 0 Å². The van der Waals surface area contributed by atoms with E-state index >= 15 is 0 Å². The minimum Gasteiger partial charge on any atom is -0.293 e. The quantitative estimate of drug-likeness (QED) is 0.433. The molecule has 0 saturated heterocycles. The Kier molecular flexibility index (Phi) is 5.62. The molecule has 15 heavy (non-hydrogen) atoms. The van der Waals surface area contributed by atoms with Crippen molar-refractivity contribution in [1.82, 2.24) is 0 Å². The van der Waals surface area contributed by atoms with Crippen LogP contribution in [0.5, 0.6) is 0 Å². The van der Waals surface area contributed by atoms with Crippen molar-refractivity contribution in [3.8, 4) is 0 Å². The van der Waals surface area contributed by atoms with E-state index < -0.39 is 0 Å². The molecule has 0 atom stereocenters. The molecule has 0 spiro atoms. The van der Waals surface area contributed by atoms with Gasteiger partial charge in [-0.05, 0) is 18.4 Å². The number of hydrogen-bond acceptors (Lipinski definition) is 1. The van der Waals surface area contributed by atoms with Gasteiger partial charge in [-0.2, -0.15) is 0 Å². The zero-order chi connectivity index (χ0) is 11.1. The molecule has 0 aliphatic carbocycles. The van der Waals surface area contributed by atoms with E-state index in [-0.39, 0.29) is 5.78 Å². The summed E-state index contributed by atoms with van der Waals surface area (Å²) in [7, 11) is 0. The Morgan fingerprint density at radius 1 is 1.20 bits per heavy atom. The zero-order valence-corrected chi connectivity index (χ0v) is 10.7. The molecule has 1 aromatic rings. The van der Waals surface area contributed by atoms with E-state index in [1.165, 1.54) is 24.8 Å². The number of rotatable bonds is 6. The predicted octanol–water partition coefficient (Wildman–Crippen LogP) is 4.00. The highest BCUT2D eigenvalue weighted by Gasteiger charge is 2.02. The van der Waals surface area contributed by atoms with Crippen molar-refractivity contribution in [2.45, 2.75) is 32.6 Å². The number of ketones is 1. The third-order valence-corrected chi connectivity index (χ3v) is 2.98. The van der Waals surface area contributed by atoms with Gasteiger partial charge in [-0.1, -0.05) is 60.0 Å². The molecule has 0 aliphatic rings. The lowest BCUT2D eigenvalue weighted by atomic mass is 10.0. The summed E-state index contributed by atoms with van der Waals surface area (Å²) in [6, 6.07) is 7.97. The largest absolute Gasteiger partial charge is 0.293 e. The highest BCUT2D eigenvalue weighted by molar-refractivity contribution is 9.09. The van der Waals surface area contributed by atoms with Crippen molar-refractivity contribution < 1.29 is 4.79 Å². The van der Waals surface area contributed by atoms with Crippen LogP contribution in [-0.4, -0.2) is 11.1 Å². The predicted molar refractivity (Wildman–Crippen MR) is 67.8 cm³/mol. The van der Waals surface area contributed by atoms with Gasteiger partial charge in [-0.15, -0.1) is 0 Å². The van der Waals surface area contributed by atoms with Crippen LogP contribution >= 0.6 is 15.9 Å². The van der Waals surface area contributed by atoms with Crippen LogP contribution in [0.2, 0.25) is 0 Å². The van der Waals surface area contributed by atoms with Crippen molar-refractivity contribution in [2.24, 2.45) is 0 Å². The van der Waals surface area contributed by atoms with Crippen molar-refractivity contribution in [3.63, 3.8) is 0 Å². The Balaban J connectivity index is 2.52. The number of aryl methyl sites for hydroxylation is 1. The number of carbonyl (C=O) groups excluding carboxylic acids is 1.